The van der Waals surface area contributed by atoms with Crippen molar-refractivity contribution in [2.45, 2.75) is 6.04 Å². The van der Waals surface area contributed by atoms with Gasteiger partial charge in [-0.1, -0.05) is 30.3 Å². The molecule has 2 aromatic carbocycles. The molecule has 0 saturated heterocycles. The Balaban J connectivity index is 0.00000162. The first kappa shape index (κ1) is 14.4. The zero-order chi connectivity index (χ0) is 12.3. The molecule has 2 rings (SSSR count). The van der Waals surface area contributed by atoms with Gasteiger partial charge in [0.05, 0.1) is 6.61 Å². The van der Waals surface area contributed by atoms with Crippen LogP contribution >= 0.6 is 12.4 Å². The van der Waals surface area contributed by atoms with Crippen LogP contribution in [0.5, 0.6) is 0 Å². The van der Waals surface area contributed by atoms with E-state index in [9.17, 15) is 4.79 Å². The molecule has 1 amide bonds. The zero-order valence-corrected chi connectivity index (χ0v) is 10.5. The molecule has 0 spiro atoms. The molecule has 18 heavy (non-hydrogen) atoms. The third-order valence-electron chi connectivity index (χ3n) is 2.55. The molecule has 0 aliphatic heterocycles. The average Bonchev–Trinajstić information content (AvgIpc) is 2.37. The quantitative estimate of drug-likeness (QED) is 0.788. The molecule has 2 aromatic rings. The highest BCUT2D eigenvalue weighted by molar-refractivity contribution is 5.97. The number of nitrogens with one attached hydrogen (secondary N) is 1. The maximum absolute atomic E-state index is 11.5. The zero-order valence-electron chi connectivity index (χ0n) is 9.67. The molecule has 0 heterocycles. The number of aliphatic hydroxyl groups excluding tert-OH is 1. The molecule has 0 radical (unpaired) electrons. The maximum atomic E-state index is 11.5. The van der Waals surface area contributed by atoms with Gasteiger partial charge in [-0.15, -0.1) is 12.4 Å². The number of aliphatic hydroxyl groups is 1. The van der Waals surface area contributed by atoms with Crippen LogP contribution < -0.4 is 11.1 Å². The lowest BCUT2D eigenvalue weighted by atomic mass is 10.1. The molecule has 96 valence electrons. The number of rotatable bonds is 3. The number of fused-ring (bicyclic) bond motifs is 1. The summed E-state index contributed by atoms with van der Waals surface area (Å²) in [5, 5.41) is 13.6. The van der Waals surface area contributed by atoms with Crippen molar-refractivity contribution in [3.05, 3.63) is 42.5 Å². The summed E-state index contributed by atoms with van der Waals surface area (Å²) in [6.45, 7) is -0.362. The lowest BCUT2D eigenvalue weighted by molar-refractivity contribution is -0.118. The number of amides is 1. The molecule has 4 nitrogen and oxygen atoms in total. The second kappa shape index (κ2) is 6.35. The molecule has 5 heteroatoms. The minimum Gasteiger partial charge on any atom is -0.394 e. The van der Waals surface area contributed by atoms with Crippen LogP contribution in [0.3, 0.4) is 0 Å². The van der Waals surface area contributed by atoms with Crippen molar-refractivity contribution in [3.63, 3.8) is 0 Å². The number of nitrogens with two attached hydrogens (primary N) is 1. The SMILES string of the molecule is Cl.N[C@@H](CO)C(=O)Nc1ccc2ccccc2c1. The lowest BCUT2D eigenvalue weighted by Gasteiger charge is -2.10. The van der Waals surface area contributed by atoms with E-state index in [1.807, 2.05) is 42.5 Å². The van der Waals surface area contributed by atoms with Crippen LogP contribution in [0.15, 0.2) is 42.5 Å². The lowest BCUT2D eigenvalue weighted by Crippen LogP contribution is -2.38. The van der Waals surface area contributed by atoms with E-state index in [0.717, 1.165) is 10.8 Å². The number of benzene rings is 2. The number of carbonyl (C=O) groups excluding carboxylic acids is 1. The van der Waals surface area contributed by atoms with E-state index in [0.29, 0.717) is 5.69 Å². The Morgan fingerprint density at radius 1 is 1.22 bits per heavy atom. The van der Waals surface area contributed by atoms with Gasteiger partial charge in [-0.05, 0) is 22.9 Å². The molecule has 0 aromatic heterocycles. The third-order valence-corrected chi connectivity index (χ3v) is 2.55. The monoisotopic (exact) mass is 266 g/mol. The molecule has 4 N–H and O–H groups in total. The first-order valence-corrected chi connectivity index (χ1v) is 5.37. The Hall–Kier alpha value is -1.62. The largest absolute Gasteiger partial charge is 0.394 e. The van der Waals surface area contributed by atoms with Crippen LogP contribution in [-0.4, -0.2) is 23.7 Å². The summed E-state index contributed by atoms with van der Waals surface area (Å²) in [7, 11) is 0. The van der Waals surface area contributed by atoms with E-state index in [-0.39, 0.29) is 24.9 Å². The fraction of sp³-hybridized carbons (Fsp3) is 0.154. The predicted molar refractivity (Wildman–Crippen MR) is 74.9 cm³/mol. The first-order chi connectivity index (χ1) is 8.20. The summed E-state index contributed by atoms with van der Waals surface area (Å²) in [6.07, 6.45) is 0. The molecular weight excluding hydrogens is 252 g/mol. The molecular formula is C13H15ClN2O2. The van der Waals surface area contributed by atoms with Gasteiger partial charge in [-0.2, -0.15) is 0 Å². The van der Waals surface area contributed by atoms with Crippen molar-refractivity contribution in [1.82, 2.24) is 0 Å². The van der Waals surface area contributed by atoms with Gasteiger partial charge in [-0.3, -0.25) is 4.79 Å². The van der Waals surface area contributed by atoms with Crippen LogP contribution in [0.2, 0.25) is 0 Å². The van der Waals surface area contributed by atoms with E-state index < -0.39 is 6.04 Å². The molecule has 1 atom stereocenters. The summed E-state index contributed by atoms with van der Waals surface area (Å²) in [6, 6.07) is 12.6. The topological polar surface area (TPSA) is 75.3 Å². The van der Waals surface area contributed by atoms with E-state index >= 15 is 0 Å². The Labute approximate surface area is 111 Å². The third kappa shape index (κ3) is 3.20. The van der Waals surface area contributed by atoms with Gasteiger partial charge in [0.1, 0.15) is 6.04 Å². The van der Waals surface area contributed by atoms with Crippen molar-refractivity contribution < 1.29 is 9.90 Å². The van der Waals surface area contributed by atoms with Crippen molar-refractivity contribution in [1.29, 1.82) is 0 Å². The summed E-state index contributed by atoms with van der Waals surface area (Å²) >= 11 is 0. The summed E-state index contributed by atoms with van der Waals surface area (Å²) in [5.74, 6) is -0.386. The summed E-state index contributed by atoms with van der Waals surface area (Å²) in [5.41, 5.74) is 6.09. The molecule has 0 fully saturated rings. The molecule has 0 unspecified atom stereocenters. The molecule has 0 bridgehead atoms. The maximum Gasteiger partial charge on any atom is 0.243 e. The standard InChI is InChI=1S/C13H14N2O2.ClH/c14-12(8-16)13(17)15-11-6-5-9-3-1-2-4-10(9)7-11;/h1-7,12,16H,8,14H2,(H,15,17);1H/t12-;/m0./s1. The van der Waals surface area contributed by atoms with Gasteiger partial charge in [-0.25, -0.2) is 0 Å². The van der Waals surface area contributed by atoms with Gasteiger partial charge >= 0.3 is 0 Å². The number of hydrogen-bond acceptors (Lipinski definition) is 3. The van der Waals surface area contributed by atoms with Gasteiger partial charge in [0.2, 0.25) is 5.91 Å². The minimum atomic E-state index is -0.888. The number of hydrogen-bond donors (Lipinski definition) is 3. The minimum absolute atomic E-state index is 0. The fourth-order valence-corrected chi connectivity index (χ4v) is 1.58. The Morgan fingerprint density at radius 3 is 2.56 bits per heavy atom. The average molecular weight is 267 g/mol. The fourth-order valence-electron chi connectivity index (χ4n) is 1.58. The first-order valence-electron chi connectivity index (χ1n) is 5.37. The van der Waals surface area contributed by atoms with Crippen molar-refractivity contribution in [2.75, 3.05) is 11.9 Å². The normalized spacial score (nSPS) is 11.7. The van der Waals surface area contributed by atoms with Crippen LogP contribution in [0.1, 0.15) is 0 Å². The Morgan fingerprint density at radius 2 is 1.89 bits per heavy atom. The van der Waals surface area contributed by atoms with Gasteiger partial charge in [0, 0.05) is 5.69 Å². The van der Waals surface area contributed by atoms with Crippen molar-refractivity contribution in [2.24, 2.45) is 5.73 Å². The second-order valence-electron chi connectivity index (χ2n) is 3.84. The Kier molecular flexibility index (Phi) is 5.09. The number of halogens is 1. The van der Waals surface area contributed by atoms with Crippen LogP contribution in [0.4, 0.5) is 5.69 Å². The van der Waals surface area contributed by atoms with Crippen molar-refractivity contribution in [3.8, 4) is 0 Å². The van der Waals surface area contributed by atoms with E-state index in [1.54, 1.807) is 0 Å². The molecule has 0 aliphatic rings. The second-order valence-corrected chi connectivity index (χ2v) is 3.84. The number of carbonyl (C=O) groups is 1. The van der Waals surface area contributed by atoms with E-state index in [2.05, 4.69) is 5.32 Å². The summed E-state index contributed by atoms with van der Waals surface area (Å²) < 4.78 is 0. The number of anilines is 1. The smallest absolute Gasteiger partial charge is 0.243 e. The van der Waals surface area contributed by atoms with Crippen LogP contribution in [0, 0.1) is 0 Å². The van der Waals surface area contributed by atoms with Gasteiger partial charge < -0.3 is 16.2 Å². The van der Waals surface area contributed by atoms with Gasteiger partial charge in [0.25, 0.3) is 0 Å². The highest BCUT2D eigenvalue weighted by Crippen LogP contribution is 2.18. The van der Waals surface area contributed by atoms with Crippen molar-refractivity contribution >= 4 is 34.8 Å². The van der Waals surface area contributed by atoms with Crippen LogP contribution in [-0.2, 0) is 4.79 Å². The highest BCUT2D eigenvalue weighted by atomic mass is 35.5. The predicted octanol–water partition coefficient (Wildman–Crippen LogP) is 1.52. The van der Waals surface area contributed by atoms with E-state index in [1.165, 1.54) is 0 Å². The summed E-state index contributed by atoms with van der Waals surface area (Å²) in [4.78, 5) is 11.5. The van der Waals surface area contributed by atoms with Gasteiger partial charge in [0.15, 0.2) is 0 Å². The highest BCUT2D eigenvalue weighted by Gasteiger charge is 2.11. The van der Waals surface area contributed by atoms with Crippen LogP contribution in [0.25, 0.3) is 10.8 Å². The molecule has 0 saturated carbocycles. The van der Waals surface area contributed by atoms with E-state index in [4.69, 9.17) is 10.8 Å². The Bertz CT molecular complexity index is 545. The molecule has 0 aliphatic carbocycles.